The number of rotatable bonds is 5. The number of imidazole rings is 1. The summed E-state index contributed by atoms with van der Waals surface area (Å²) in [6.45, 7) is 11.1. The van der Waals surface area contributed by atoms with Crippen molar-refractivity contribution in [2.45, 2.75) is 65.3 Å². The monoisotopic (exact) mass is 317 g/mol. The van der Waals surface area contributed by atoms with Gasteiger partial charge in [0.05, 0.1) is 11.9 Å². The molecule has 0 bridgehead atoms. The summed E-state index contributed by atoms with van der Waals surface area (Å²) in [5.41, 5.74) is 7.85. The zero-order chi connectivity index (χ0) is 17.0. The molecular formula is C17H27N5O. The molecular weight excluding hydrogens is 290 g/mol. The summed E-state index contributed by atoms with van der Waals surface area (Å²) in [4.78, 5) is 15.0. The van der Waals surface area contributed by atoms with Gasteiger partial charge in [0, 0.05) is 11.5 Å². The minimum Gasteiger partial charge on any atom is -0.365 e. The fraction of sp³-hybridized carbons (Fsp3) is 0.647. The Kier molecular flexibility index (Phi) is 3.46. The lowest BCUT2D eigenvalue weighted by Crippen LogP contribution is -2.36. The Labute approximate surface area is 136 Å². The standard InChI is InChI=1S/C17H27N5O/c1-16(2,3)9-17(4,5)21-15-12(10-6-7-10)20-14-11(13(18)23)8-19-22(14)15/h8,10,20-21H,6-7,9H2,1-5H3,(H2,18,23). The van der Waals surface area contributed by atoms with Crippen molar-refractivity contribution >= 4 is 17.4 Å². The Morgan fingerprint density at radius 2 is 2.04 bits per heavy atom. The van der Waals surface area contributed by atoms with Gasteiger partial charge in [0.15, 0.2) is 0 Å². The SMILES string of the molecule is CC(C)(C)CC(C)(C)Nc1c(C2CC2)[nH]c2c(C(N)=O)cnn12. The number of H-pyrrole nitrogens is 1. The average molecular weight is 317 g/mol. The molecule has 2 aromatic heterocycles. The number of amides is 1. The van der Waals surface area contributed by atoms with Crippen LogP contribution in [0.25, 0.3) is 5.65 Å². The molecule has 0 saturated heterocycles. The van der Waals surface area contributed by atoms with Gasteiger partial charge in [-0.15, -0.1) is 0 Å². The average Bonchev–Trinajstić information content (AvgIpc) is 3.01. The molecule has 0 aliphatic heterocycles. The second-order valence-electron chi connectivity index (χ2n) is 8.59. The quantitative estimate of drug-likeness (QED) is 0.791. The molecule has 1 aliphatic carbocycles. The van der Waals surface area contributed by atoms with E-state index < -0.39 is 5.91 Å². The molecule has 1 amide bonds. The van der Waals surface area contributed by atoms with Crippen LogP contribution < -0.4 is 11.1 Å². The molecule has 126 valence electrons. The van der Waals surface area contributed by atoms with Crippen LogP contribution in [-0.4, -0.2) is 26.0 Å². The number of nitrogens with zero attached hydrogens (tertiary/aromatic N) is 2. The van der Waals surface area contributed by atoms with Gasteiger partial charge in [0.25, 0.3) is 5.91 Å². The van der Waals surface area contributed by atoms with E-state index in [1.54, 1.807) is 4.52 Å². The van der Waals surface area contributed by atoms with Gasteiger partial charge in [-0.1, -0.05) is 20.8 Å². The minimum absolute atomic E-state index is 0.0875. The van der Waals surface area contributed by atoms with Crippen LogP contribution in [0.5, 0.6) is 0 Å². The van der Waals surface area contributed by atoms with Gasteiger partial charge >= 0.3 is 0 Å². The smallest absolute Gasteiger partial charge is 0.254 e. The van der Waals surface area contributed by atoms with E-state index in [2.05, 4.69) is 50.0 Å². The van der Waals surface area contributed by atoms with E-state index in [1.807, 2.05) is 0 Å². The van der Waals surface area contributed by atoms with Crippen molar-refractivity contribution in [3.05, 3.63) is 17.5 Å². The largest absolute Gasteiger partial charge is 0.365 e. The number of nitrogens with one attached hydrogen (secondary N) is 2. The normalized spacial score (nSPS) is 16.0. The highest BCUT2D eigenvalue weighted by molar-refractivity contribution is 5.99. The molecule has 0 spiro atoms. The van der Waals surface area contributed by atoms with Gasteiger partial charge in [-0.2, -0.15) is 9.61 Å². The predicted octanol–water partition coefficient (Wildman–Crippen LogP) is 3.27. The van der Waals surface area contributed by atoms with Crippen LogP contribution in [-0.2, 0) is 0 Å². The number of carbonyl (C=O) groups excluding carboxylic acids is 1. The third-order valence-corrected chi connectivity index (χ3v) is 4.17. The molecule has 0 aromatic carbocycles. The lowest BCUT2D eigenvalue weighted by molar-refractivity contribution is 0.100. The van der Waals surface area contributed by atoms with Crippen molar-refractivity contribution < 1.29 is 4.79 Å². The van der Waals surface area contributed by atoms with E-state index >= 15 is 0 Å². The molecule has 4 N–H and O–H groups in total. The highest BCUT2D eigenvalue weighted by atomic mass is 16.1. The van der Waals surface area contributed by atoms with Crippen LogP contribution in [0, 0.1) is 5.41 Å². The van der Waals surface area contributed by atoms with Crippen molar-refractivity contribution in [2.75, 3.05) is 5.32 Å². The second-order valence-corrected chi connectivity index (χ2v) is 8.59. The number of carbonyl (C=O) groups is 1. The van der Waals surface area contributed by atoms with Gasteiger partial charge in [-0.05, 0) is 38.5 Å². The second kappa shape index (κ2) is 5.01. The molecule has 3 rings (SSSR count). The Bertz CT molecular complexity index is 743. The number of hydrogen-bond donors (Lipinski definition) is 3. The molecule has 0 radical (unpaired) electrons. The van der Waals surface area contributed by atoms with E-state index in [4.69, 9.17) is 5.73 Å². The topological polar surface area (TPSA) is 88.2 Å². The number of nitrogens with two attached hydrogens (primary N) is 1. The Morgan fingerprint density at radius 1 is 1.39 bits per heavy atom. The molecule has 1 fully saturated rings. The van der Waals surface area contributed by atoms with E-state index in [0.717, 1.165) is 17.9 Å². The van der Waals surface area contributed by atoms with E-state index in [0.29, 0.717) is 17.1 Å². The van der Waals surface area contributed by atoms with E-state index in [1.165, 1.54) is 19.0 Å². The van der Waals surface area contributed by atoms with Crippen LogP contribution in [0.3, 0.4) is 0 Å². The van der Waals surface area contributed by atoms with E-state index in [-0.39, 0.29) is 11.0 Å². The van der Waals surface area contributed by atoms with Gasteiger partial charge in [-0.25, -0.2) is 0 Å². The first-order chi connectivity index (χ1) is 10.6. The number of aromatic nitrogens is 3. The van der Waals surface area contributed by atoms with Crippen LogP contribution in [0.1, 0.15) is 75.9 Å². The maximum atomic E-state index is 11.6. The van der Waals surface area contributed by atoms with Crippen molar-refractivity contribution in [3.8, 4) is 0 Å². The summed E-state index contributed by atoms with van der Waals surface area (Å²) in [6.07, 6.45) is 4.89. The minimum atomic E-state index is -0.455. The van der Waals surface area contributed by atoms with E-state index in [9.17, 15) is 4.79 Å². The number of aromatic amines is 1. The van der Waals surface area contributed by atoms with Crippen LogP contribution in [0.2, 0.25) is 0 Å². The highest BCUT2D eigenvalue weighted by Gasteiger charge is 2.34. The van der Waals surface area contributed by atoms with Gasteiger partial charge in [0.2, 0.25) is 0 Å². The molecule has 2 heterocycles. The number of anilines is 1. The Hall–Kier alpha value is -1.98. The number of fused-ring (bicyclic) bond motifs is 1. The highest BCUT2D eigenvalue weighted by Crippen LogP contribution is 2.44. The molecule has 23 heavy (non-hydrogen) atoms. The first-order valence-corrected chi connectivity index (χ1v) is 8.25. The molecule has 2 aromatic rings. The summed E-state index contributed by atoms with van der Waals surface area (Å²) < 4.78 is 1.79. The summed E-state index contributed by atoms with van der Waals surface area (Å²) in [6, 6.07) is 0. The third kappa shape index (κ3) is 3.21. The Morgan fingerprint density at radius 3 is 2.57 bits per heavy atom. The van der Waals surface area contributed by atoms with Crippen LogP contribution in [0.4, 0.5) is 5.82 Å². The summed E-state index contributed by atoms with van der Waals surface area (Å²) in [5, 5.41) is 8.03. The zero-order valence-corrected chi connectivity index (χ0v) is 14.7. The number of primary amides is 1. The van der Waals surface area contributed by atoms with Crippen molar-refractivity contribution in [2.24, 2.45) is 11.1 Å². The van der Waals surface area contributed by atoms with Gasteiger partial charge in [0.1, 0.15) is 17.0 Å². The van der Waals surface area contributed by atoms with Crippen molar-refractivity contribution in [1.82, 2.24) is 14.6 Å². The molecule has 6 nitrogen and oxygen atoms in total. The summed E-state index contributed by atoms with van der Waals surface area (Å²) in [7, 11) is 0. The fourth-order valence-corrected chi connectivity index (χ4v) is 3.60. The summed E-state index contributed by atoms with van der Waals surface area (Å²) >= 11 is 0. The van der Waals surface area contributed by atoms with Gasteiger partial charge in [-0.3, -0.25) is 4.79 Å². The van der Waals surface area contributed by atoms with Gasteiger partial charge < -0.3 is 16.0 Å². The zero-order valence-electron chi connectivity index (χ0n) is 14.7. The first-order valence-electron chi connectivity index (χ1n) is 8.25. The molecule has 1 aliphatic rings. The molecule has 0 atom stereocenters. The maximum absolute atomic E-state index is 11.6. The first kappa shape index (κ1) is 15.9. The maximum Gasteiger partial charge on any atom is 0.254 e. The van der Waals surface area contributed by atoms with Crippen molar-refractivity contribution in [1.29, 1.82) is 0 Å². The summed E-state index contributed by atoms with van der Waals surface area (Å²) in [5.74, 6) is 1.03. The lowest BCUT2D eigenvalue weighted by atomic mass is 9.82. The van der Waals surface area contributed by atoms with Crippen LogP contribution >= 0.6 is 0 Å². The Balaban J connectivity index is 2.02. The van der Waals surface area contributed by atoms with Crippen molar-refractivity contribution in [3.63, 3.8) is 0 Å². The predicted molar refractivity (Wildman–Crippen MR) is 91.8 cm³/mol. The lowest BCUT2D eigenvalue weighted by Gasteiger charge is -2.34. The molecule has 6 heteroatoms. The fourth-order valence-electron chi connectivity index (χ4n) is 3.60. The third-order valence-electron chi connectivity index (χ3n) is 4.17. The van der Waals surface area contributed by atoms with Crippen LogP contribution in [0.15, 0.2) is 6.20 Å². The number of hydrogen-bond acceptors (Lipinski definition) is 3. The molecule has 1 saturated carbocycles. The molecule has 0 unspecified atom stereocenters.